The fraction of sp³-hybridized carbons (Fsp3) is 0.533. The highest BCUT2D eigenvalue weighted by Gasteiger charge is 2.13. The van der Waals surface area contributed by atoms with E-state index in [1.165, 1.54) is 0 Å². The van der Waals surface area contributed by atoms with Crippen LogP contribution < -0.4 is 15.8 Å². The van der Waals surface area contributed by atoms with Crippen LogP contribution in [0.2, 0.25) is 0 Å². The molecule has 1 amide bonds. The fourth-order valence-corrected chi connectivity index (χ4v) is 1.70. The van der Waals surface area contributed by atoms with Gasteiger partial charge < -0.3 is 15.8 Å². The van der Waals surface area contributed by atoms with Crippen LogP contribution in [-0.4, -0.2) is 18.1 Å². The number of carbonyl (C=O) groups is 1. The highest BCUT2D eigenvalue weighted by atomic mass is 16.5. The molecule has 0 bridgehead atoms. The number of nitrogens with one attached hydrogen (secondary N) is 1. The Morgan fingerprint density at radius 2 is 2.11 bits per heavy atom. The Hall–Kier alpha value is -1.55. The van der Waals surface area contributed by atoms with Gasteiger partial charge in [0.15, 0.2) is 0 Å². The molecule has 0 atom stereocenters. The Bertz CT molecular complexity index is 436. The normalized spacial score (nSPS) is 11.2. The number of benzene rings is 1. The smallest absolute Gasteiger partial charge is 0.224 e. The first-order chi connectivity index (χ1) is 8.81. The minimum absolute atomic E-state index is 0.0120. The molecule has 0 heterocycles. The molecule has 19 heavy (non-hydrogen) atoms. The van der Waals surface area contributed by atoms with Gasteiger partial charge in [0.25, 0.3) is 0 Å². The van der Waals surface area contributed by atoms with Crippen LogP contribution >= 0.6 is 0 Å². The number of aryl methyl sites for hydroxylation is 1. The second-order valence-corrected chi connectivity index (χ2v) is 5.45. The summed E-state index contributed by atoms with van der Waals surface area (Å²) in [6, 6.07) is 5.64. The van der Waals surface area contributed by atoms with Gasteiger partial charge in [-0.15, -0.1) is 0 Å². The molecule has 0 unspecified atom stereocenters. The monoisotopic (exact) mass is 264 g/mol. The summed E-state index contributed by atoms with van der Waals surface area (Å²) >= 11 is 0. The van der Waals surface area contributed by atoms with Crippen LogP contribution in [0.25, 0.3) is 0 Å². The first-order valence-electron chi connectivity index (χ1n) is 6.64. The molecule has 0 fully saturated rings. The van der Waals surface area contributed by atoms with E-state index in [1.54, 1.807) is 0 Å². The van der Waals surface area contributed by atoms with Crippen molar-refractivity contribution in [3.63, 3.8) is 0 Å². The van der Waals surface area contributed by atoms with E-state index in [4.69, 9.17) is 10.5 Å². The summed E-state index contributed by atoms with van der Waals surface area (Å²) in [5.74, 6) is 0.839. The van der Waals surface area contributed by atoms with Gasteiger partial charge in [0, 0.05) is 17.6 Å². The van der Waals surface area contributed by atoms with Crippen molar-refractivity contribution < 1.29 is 9.53 Å². The minimum atomic E-state index is -0.313. The third-order valence-corrected chi connectivity index (χ3v) is 2.75. The van der Waals surface area contributed by atoms with Crippen molar-refractivity contribution in [2.24, 2.45) is 5.73 Å². The Morgan fingerprint density at radius 1 is 1.42 bits per heavy atom. The summed E-state index contributed by atoms with van der Waals surface area (Å²) in [7, 11) is 0. The van der Waals surface area contributed by atoms with Crippen LogP contribution in [-0.2, 0) is 4.79 Å². The van der Waals surface area contributed by atoms with Gasteiger partial charge >= 0.3 is 0 Å². The predicted octanol–water partition coefficient (Wildman–Crippen LogP) is 2.85. The molecule has 0 saturated heterocycles. The predicted molar refractivity (Wildman–Crippen MR) is 78.5 cm³/mol. The van der Waals surface area contributed by atoms with E-state index in [9.17, 15) is 4.79 Å². The second kappa shape index (κ2) is 6.57. The zero-order valence-corrected chi connectivity index (χ0v) is 12.2. The molecule has 0 saturated carbocycles. The second-order valence-electron chi connectivity index (χ2n) is 5.45. The lowest BCUT2D eigenvalue weighted by Gasteiger charge is -2.17. The maximum atomic E-state index is 11.8. The van der Waals surface area contributed by atoms with Crippen molar-refractivity contribution in [2.75, 3.05) is 11.9 Å². The van der Waals surface area contributed by atoms with E-state index in [0.29, 0.717) is 19.4 Å². The molecule has 3 N–H and O–H groups in total. The summed E-state index contributed by atoms with van der Waals surface area (Å²) in [6.45, 7) is 8.38. The van der Waals surface area contributed by atoms with Crippen molar-refractivity contribution in [1.29, 1.82) is 0 Å². The molecular weight excluding hydrogens is 240 g/mol. The first kappa shape index (κ1) is 15.5. The molecule has 4 heteroatoms. The van der Waals surface area contributed by atoms with Gasteiger partial charge in [-0.05, 0) is 57.9 Å². The van der Waals surface area contributed by atoms with Crippen LogP contribution in [0.1, 0.15) is 39.2 Å². The average molecular weight is 264 g/mol. The molecule has 1 aromatic rings. The maximum Gasteiger partial charge on any atom is 0.224 e. The number of carbonyl (C=O) groups excluding carboxylic acids is 1. The summed E-state index contributed by atoms with van der Waals surface area (Å²) in [4.78, 5) is 11.8. The van der Waals surface area contributed by atoms with E-state index in [0.717, 1.165) is 17.0 Å². The topological polar surface area (TPSA) is 64.3 Å². The summed E-state index contributed by atoms with van der Waals surface area (Å²) < 4.78 is 5.46. The Labute approximate surface area is 115 Å². The zero-order chi connectivity index (χ0) is 14.5. The molecule has 1 rings (SSSR count). The number of hydrogen-bond donors (Lipinski definition) is 2. The van der Waals surface area contributed by atoms with E-state index in [1.807, 2.05) is 45.9 Å². The lowest BCUT2D eigenvalue weighted by molar-refractivity contribution is -0.116. The van der Waals surface area contributed by atoms with E-state index < -0.39 is 0 Å². The third-order valence-electron chi connectivity index (χ3n) is 2.75. The molecule has 0 radical (unpaired) electrons. The van der Waals surface area contributed by atoms with Crippen molar-refractivity contribution >= 4 is 11.6 Å². The molecule has 106 valence electrons. The molecule has 1 aromatic carbocycles. The Morgan fingerprint density at radius 3 is 2.63 bits per heavy atom. The van der Waals surface area contributed by atoms with Gasteiger partial charge in [-0.3, -0.25) is 4.79 Å². The van der Waals surface area contributed by atoms with Crippen molar-refractivity contribution in [2.45, 2.75) is 46.1 Å². The van der Waals surface area contributed by atoms with Crippen molar-refractivity contribution in [3.8, 4) is 5.75 Å². The van der Waals surface area contributed by atoms with Crippen LogP contribution in [0.5, 0.6) is 5.75 Å². The summed E-state index contributed by atoms with van der Waals surface area (Å²) in [5.41, 5.74) is 7.35. The SMILES string of the molecule is CCOc1ccc(NC(=O)CCC(C)(C)N)cc1C. The summed E-state index contributed by atoms with van der Waals surface area (Å²) in [5, 5.41) is 2.87. The van der Waals surface area contributed by atoms with Gasteiger partial charge in [0.2, 0.25) is 5.91 Å². The maximum absolute atomic E-state index is 11.8. The lowest BCUT2D eigenvalue weighted by atomic mass is 10.00. The van der Waals surface area contributed by atoms with Crippen LogP contribution in [0, 0.1) is 6.92 Å². The molecular formula is C15H24N2O2. The third kappa shape index (κ3) is 5.75. The van der Waals surface area contributed by atoms with Crippen LogP contribution in [0.4, 0.5) is 5.69 Å². The molecule has 0 aliphatic carbocycles. The minimum Gasteiger partial charge on any atom is -0.494 e. The Balaban J connectivity index is 2.58. The zero-order valence-electron chi connectivity index (χ0n) is 12.2. The average Bonchev–Trinajstić information content (AvgIpc) is 2.29. The first-order valence-corrected chi connectivity index (χ1v) is 6.64. The van der Waals surface area contributed by atoms with Gasteiger partial charge in [-0.25, -0.2) is 0 Å². The highest BCUT2D eigenvalue weighted by molar-refractivity contribution is 5.90. The lowest BCUT2D eigenvalue weighted by Crippen LogP contribution is -2.33. The largest absolute Gasteiger partial charge is 0.494 e. The van der Waals surface area contributed by atoms with Crippen LogP contribution in [0.15, 0.2) is 18.2 Å². The number of rotatable bonds is 6. The van der Waals surface area contributed by atoms with E-state index in [-0.39, 0.29) is 11.4 Å². The molecule has 4 nitrogen and oxygen atoms in total. The molecule has 0 aliphatic heterocycles. The Kier molecular flexibility index (Phi) is 5.36. The molecule has 0 spiro atoms. The van der Waals surface area contributed by atoms with Gasteiger partial charge in [-0.1, -0.05) is 0 Å². The summed E-state index contributed by atoms with van der Waals surface area (Å²) in [6.07, 6.45) is 1.09. The quantitative estimate of drug-likeness (QED) is 0.830. The standard InChI is InChI=1S/C15H24N2O2/c1-5-19-13-7-6-12(10-11(13)2)17-14(18)8-9-15(3,4)16/h6-7,10H,5,8-9,16H2,1-4H3,(H,17,18). The van der Waals surface area contributed by atoms with Crippen LogP contribution in [0.3, 0.4) is 0 Å². The van der Waals surface area contributed by atoms with Gasteiger partial charge in [0.1, 0.15) is 5.75 Å². The molecule has 0 aromatic heterocycles. The highest BCUT2D eigenvalue weighted by Crippen LogP contribution is 2.22. The van der Waals surface area contributed by atoms with Gasteiger partial charge in [-0.2, -0.15) is 0 Å². The van der Waals surface area contributed by atoms with Gasteiger partial charge in [0.05, 0.1) is 6.61 Å². The number of ether oxygens (including phenoxy) is 1. The van der Waals surface area contributed by atoms with E-state index >= 15 is 0 Å². The number of hydrogen-bond acceptors (Lipinski definition) is 3. The number of anilines is 1. The number of amides is 1. The van der Waals surface area contributed by atoms with E-state index in [2.05, 4.69) is 5.32 Å². The van der Waals surface area contributed by atoms with Crippen molar-refractivity contribution in [1.82, 2.24) is 0 Å². The van der Waals surface area contributed by atoms with Crippen molar-refractivity contribution in [3.05, 3.63) is 23.8 Å². The fourth-order valence-electron chi connectivity index (χ4n) is 1.70. The molecule has 0 aliphatic rings. The number of nitrogens with two attached hydrogens (primary N) is 1.